The first-order valence-electron chi connectivity index (χ1n) is 16.2. The van der Waals surface area contributed by atoms with Gasteiger partial charge in [0.25, 0.3) is 0 Å². The molecule has 0 fully saturated rings. The zero-order chi connectivity index (χ0) is 32.5. The quantitative estimate of drug-likeness (QED) is 0.176. The van der Waals surface area contributed by atoms with E-state index >= 15 is 0 Å². The lowest BCUT2D eigenvalue weighted by atomic mass is 10.1. The first-order chi connectivity index (χ1) is 23.7. The molecular formula is C44H34N4. The van der Waals surface area contributed by atoms with Crippen LogP contribution in [0, 0.1) is 0 Å². The second-order valence-electron chi connectivity index (χ2n) is 11.7. The van der Waals surface area contributed by atoms with Crippen LogP contribution in [0.1, 0.15) is 6.92 Å². The molecule has 0 aliphatic carbocycles. The van der Waals surface area contributed by atoms with Crippen molar-refractivity contribution in [3.8, 4) is 22.6 Å². The lowest BCUT2D eigenvalue weighted by Crippen LogP contribution is -2.00. The predicted octanol–water partition coefficient (Wildman–Crippen LogP) is 11.5. The van der Waals surface area contributed by atoms with Crippen LogP contribution in [0.3, 0.4) is 0 Å². The van der Waals surface area contributed by atoms with Crippen LogP contribution < -0.4 is 0 Å². The number of aromatic nitrogens is 4. The summed E-state index contributed by atoms with van der Waals surface area (Å²) in [7, 11) is 0. The van der Waals surface area contributed by atoms with Gasteiger partial charge in [0.05, 0.1) is 27.8 Å². The number of nitrogens with zero attached hydrogens (tertiary/aromatic N) is 4. The van der Waals surface area contributed by atoms with E-state index in [4.69, 9.17) is 4.98 Å². The SMILES string of the molecule is C=C/C=C\C=C/C.c1ccc2c(c1)c1ccccc1n2-c1cc(-c2cn3ccccc3n2)cc(-n2c3ccccc3c3ccccc32)c1. The number of allylic oxidation sites excluding steroid dienone is 5. The van der Waals surface area contributed by atoms with E-state index in [0.29, 0.717) is 0 Å². The third-order valence-corrected chi connectivity index (χ3v) is 8.79. The van der Waals surface area contributed by atoms with Crippen molar-refractivity contribution in [3.63, 3.8) is 0 Å². The van der Waals surface area contributed by atoms with Crippen LogP contribution in [-0.2, 0) is 0 Å². The number of pyridine rings is 1. The fourth-order valence-corrected chi connectivity index (χ4v) is 6.73. The molecule has 0 unspecified atom stereocenters. The molecule has 48 heavy (non-hydrogen) atoms. The Hall–Kier alpha value is -6.39. The molecule has 0 spiro atoms. The van der Waals surface area contributed by atoms with Gasteiger partial charge in [-0.25, -0.2) is 4.98 Å². The summed E-state index contributed by atoms with van der Waals surface area (Å²) in [4.78, 5) is 5.02. The largest absolute Gasteiger partial charge is 0.309 e. The second-order valence-corrected chi connectivity index (χ2v) is 11.7. The molecule has 0 N–H and O–H groups in total. The van der Waals surface area contributed by atoms with Gasteiger partial charge in [-0.2, -0.15) is 0 Å². The molecule has 9 rings (SSSR count). The molecule has 0 saturated heterocycles. The Labute approximate surface area is 279 Å². The summed E-state index contributed by atoms with van der Waals surface area (Å²) in [5.74, 6) is 0. The topological polar surface area (TPSA) is 27.2 Å². The molecule has 4 aromatic heterocycles. The van der Waals surface area contributed by atoms with Gasteiger partial charge in [0, 0.05) is 50.9 Å². The van der Waals surface area contributed by atoms with Crippen molar-refractivity contribution in [2.24, 2.45) is 0 Å². The molecule has 9 aromatic rings. The molecule has 0 saturated carbocycles. The van der Waals surface area contributed by atoms with Crippen molar-refractivity contribution in [1.82, 2.24) is 18.5 Å². The lowest BCUT2D eigenvalue weighted by Gasteiger charge is -2.15. The van der Waals surface area contributed by atoms with Crippen LogP contribution in [0.2, 0.25) is 0 Å². The molecule has 0 aliphatic rings. The van der Waals surface area contributed by atoms with Crippen molar-refractivity contribution in [1.29, 1.82) is 0 Å². The highest BCUT2D eigenvalue weighted by Gasteiger charge is 2.17. The Morgan fingerprint density at radius 1 is 0.542 bits per heavy atom. The van der Waals surface area contributed by atoms with E-state index in [2.05, 4.69) is 148 Å². The van der Waals surface area contributed by atoms with Crippen LogP contribution in [0.15, 0.2) is 183 Å². The number of hydrogen-bond acceptors (Lipinski definition) is 1. The van der Waals surface area contributed by atoms with Crippen LogP contribution in [0.5, 0.6) is 0 Å². The van der Waals surface area contributed by atoms with E-state index in [9.17, 15) is 0 Å². The van der Waals surface area contributed by atoms with E-state index in [0.717, 1.165) is 28.3 Å². The molecule has 230 valence electrons. The summed E-state index contributed by atoms with van der Waals surface area (Å²) >= 11 is 0. The van der Waals surface area contributed by atoms with Crippen LogP contribution >= 0.6 is 0 Å². The Balaban J connectivity index is 0.000000437. The van der Waals surface area contributed by atoms with Crippen LogP contribution in [-0.4, -0.2) is 18.5 Å². The van der Waals surface area contributed by atoms with Crippen molar-refractivity contribution in [2.75, 3.05) is 0 Å². The zero-order valence-corrected chi connectivity index (χ0v) is 26.7. The Kier molecular flexibility index (Phi) is 7.52. The van der Waals surface area contributed by atoms with E-state index in [-0.39, 0.29) is 0 Å². The summed E-state index contributed by atoms with van der Waals surface area (Å²) < 4.78 is 6.87. The number of hydrogen-bond donors (Lipinski definition) is 0. The van der Waals surface area contributed by atoms with E-state index < -0.39 is 0 Å². The molecule has 4 heterocycles. The van der Waals surface area contributed by atoms with Crippen LogP contribution in [0.4, 0.5) is 0 Å². The molecular weight excluding hydrogens is 585 g/mol. The summed E-state index contributed by atoms with van der Waals surface area (Å²) in [5.41, 5.74) is 9.92. The van der Waals surface area contributed by atoms with Crippen molar-refractivity contribution >= 4 is 49.3 Å². The van der Waals surface area contributed by atoms with Gasteiger partial charge in [-0.1, -0.05) is 116 Å². The Bertz CT molecular complexity index is 2390. The molecule has 0 atom stereocenters. The van der Waals surface area contributed by atoms with Gasteiger partial charge >= 0.3 is 0 Å². The summed E-state index contributed by atoms with van der Waals surface area (Å²) in [6, 6.07) is 47.7. The maximum Gasteiger partial charge on any atom is 0.137 e. The molecule has 0 amide bonds. The Morgan fingerprint density at radius 2 is 1.02 bits per heavy atom. The van der Waals surface area contributed by atoms with Gasteiger partial charge in [-0.3, -0.25) is 0 Å². The minimum Gasteiger partial charge on any atom is -0.309 e. The Morgan fingerprint density at radius 3 is 1.48 bits per heavy atom. The third-order valence-electron chi connectivity index (χ3n) is 8.79. The fraction of sp³-hybridized carbons (Fsp3) is 0.0227. The maximum absolute atomic E-state index is 5.02. The van der Waals surface area contributed by atoms with Gasteiger partial charge in [0.15, 0.2) is 0 Å². The van der Waals surface area contributed by atoms with Crippen molar-refractivity contribution in [3.05, 3.63) is 183 Å². The molecule has 5 aromatic carbocycles. The molecule has 0 bridgehead atoms. The number of para-hydroxylation sites is 4. The van der Waals surface area contributed by atoms with Gasteiger partial charge in [0.2, 0.25) is 0 Å². The minimum absolute atomic E-state index is 0.934. The first-order valence-corrected chi connectivity index (χ1v) is 16.2. The zero-order valence-electron chi connectivity index (χ0n) is 26.7. The van der Waals surface area contributed by atoms with Gasteiger partial charge in [-0.05, 0) is 61.5 Å². The monoisotopic (exact) mass is 618 g/mol. The summed E-state index contributed by atoms with van der Waals surface area (Å²) in [5, 5.41) is 5.00. The predicted molar refractivity (Wildman–Crippen MR) is 203 cm³/mol. The number of fused-ring (bicyclic) bond motifs is 7. The molecule has 4 heteroatoms. The first kappa shape index (κ1) is 29.0. The molecule has 0 radical (unpaired) electrons. The summed E-state index contributed by atoms with van der Waals surface area (Å²) in [6.07, 6.45) is 13.7. The average Bonchev–Trinajstić information content (AvgIpc) is 3.82. The number of imidazole rings is 1. The smallest absolute Gasteiger partial charge is 0.137 e. The summed E-state index contributed by atoms with van der Waals surface area (Å²) in [6.45, 7) is 5.49. The highest BCUT2D eigenvalue weighted by atomic mass is 15.0. The van der Waals surface area contributed by atoms with Gasteiger partial charge in [-0.15, -0.1) is 0 Å². The lowest BCUT2D eigenvalue weighted by molar-refractivity contribution is 1.13. The fourth-order valence-electron chi connectivity index (χ4n) is 6.73. The number of rotatable bonds is 5. The van der Waals surface area contributed by atoms with Crippen molar-refractivity contribution < 1.29 is 0 Å². The average molecular weight is 619 g/mol. The number of benzene rings is 5. The van der Waals surface area contributed by atoms with Gasteiger partial charge < -0.3 is 13.5 Å². The van der Waals surface area contributed by atoms with Crippen LogP contribution in [0.25, 0.3) is 71.9 Å². The molecule has 4 nitrogen and oxygen atoms in total. The second kappa shape index (κ2) is 12.4. The third kappa shape index (κ3) is 5.01. The standard InChI is InChI=1S/C37H24N4.C7H10/c1-5-15-33-28(11-1)29-12-2-6-16-34(29)40(33)26-21-25(32-24-39-20-10-9-19-37(39)38-32)22-27(23-26)41-35-17-7-3-13-30(35)31-14-4-8-18-36(31)41;1-3-5-7-6-4-2/h1-24H;3-7H,1H2,2H3/b;6-4-,7-5-. The van der Waals surface area contributed by atoms with E-state index in [1.807, 2.05) is 49.4 Å². The highest BCUT2D eigenvalue weighted by Crippen LogP contribution is 2.37. The van der Waals surface area contributed by atoms with Gasteiger partial charge in [0.1, 0.15) is 5.65 Å². The van der Waals surface area contributed by atoms with E-state index in [1.54, 1.807) is 6.08 Å². The molecule has 0 aliphatic heterocycles. The minimum atomic E-state index is 0.934. The highest BCUT2D eigenvalue weighted by molar-refractivity contribution is 6.10. The maximum atomic E-state index is 5.02. The van der Waals surface area contributed by atoms with E-state index in [1.165, 1.54) is 43.6 Å². The van der Waals surface area contributed by atoms with Crippen molar-refractivity contribution in [2.45, 2.75) is 6.92 Å². The normalized spacial score (nSPS) is 11.8.